The van der Waals surface area contributed by atoms with Crippen LogP contribution in [-0.2, 0) is 6.54 Å². The molecular formula is C20H16F5N3O2. The van der Waals surface area contributed by atoms with Gasteiger partial charge in [-0.25, -0.2) is 22.0 Å². The van der Waals surface area contributed by atoms with Gasteiger partial charge in [0, 0.05) is 5.56 Å². The number of ether oxygens (including phenoxy) is 1. The molecule has 0 radical (unpaired) electrons. The van der Waals surface area contributed by atoms with Crippen molar-refractivity contribution < 1.29 is 31.5 Å². The van der Waals surface area contributed by atoms with Gasteiger partial charge in [-0.1, -0.05) is 0 Å². The quantitative estimate of drug-likeness (QED) is 0.372. The second-order valence-electron chi connectivity index (χ2n) is 6.43. The van der Waals surface area contributed by atoms with Gasteiger partial charge < -0.3 is 10.1 Å². The number of carbonyl (C=O) groups excluding carboxylic acids is 1. The van der Waals surface area contributed by atoms with E-state index >= 15 is 0 Å². The summed E-state index contributed by atoms with van der Waals surface area (Å²) < 4.78 is 74.2. The molecule has 1 aromatic heterocycles. The number of carbonyl (C=O) groups is 1. The topological polar surface area (TPSA) is 56.1 Å². The largest absolute Gasteiger partial charge is 0.497 e. The molecule has 0 aliphatic carbocycles. The molecule has 2 aromatic carbocycles. The Morgan fingerprint density at radius 2 is 1.50 bits per heavy atom. The molecule has 0 aliphatic rings. The molecule has 0 fully saturated rings. The monoisotopic (exact) mass is 425 g/mol. The number of rotatable bonds is 5. The van der Waals surface area contributed by atoms with E-state index in [1.807, 2.05) is 0 Å². The van der Waals surface area contributed by atoms with Crippen LogP contribution in [0.5, 0.6) is 5.75 Å². The first-order valence-electron chi connectivity index (χ1n) is 8.65. The van der Waals surface area contributed by atoms with Crippen LogP contribution in [0.2, 0.25) is 0 Å². The molecule has 0 saturated heterocycles. The molecule has 0 saturated carbocycles. The lowest BCUT2D eigenvalue weighted by atomic mass is 10.1. The first kappa shape index (κ1) is 21.3. The van der Waals surface area contributed by atoms with Gasteiger partial charge >= 0.3 is 0 Å². The highest BCUT2D eigenvalue weighted by atomic mass is 19.2. The molecule has 1 amide bonds. The van der Waals surface area contributed by atoms with E-state index in [2.05, 4.69) is 10.4 Å². The van der Waals surface area contributed by atoms with E-state index in [9.17, 15) is 26.7 Å². The number of nitrogens with one attached hydrogen (secondary N) is 1. The molecule has 0 bridgehead atoms. The van der Waals surface area contributed by atoms with Crippen molar-refractivity contribution in [2.45, 2.75) is 20.4 Å². The van der Waals surface area contributed by atoms with Crippen molar-refractivity contribution in [1.82, 2.24) is 9.78 Å². The second-order valence-corrected chi connectivity index (χ2v) is 6.43. The number of anilines is 1. The van der Waals surface area contributed by atoms with Crippen LogP contribution in [0.1, 0.15) is 27.3 Å². The molecule has 1 heterocycles. The van der Waals surface area contributed by atoms with Crippen molar-refractivity contribution in [2.75, 3.05) is 12.4 Å². The van der Waals surface area contributed by atoms with Gasteiger partial charge in [0.05, 0.1) is 36.3 Å². The Morgan fingerprint density at radius 1 is 0.967 bits per heavy atom. The summed E-state index contributed by atoms with van der Waals surface area (Å²) in [7, 11) is 1.49. The van der Waals surface area contributed by atoms with Crippen molar-refractivity contribution in [1.29, 1.82) is 0 Å². The fourth-order valence-electron chi connectivity index (χ4n) is 2.90. The predicted molar refractivity (Wildman–Crippen MR) is 98.0 cm³/mol. The van der Waals surface area contributed by atoms with Gasteiger partial charge in [-0.2, -0.15) is 5.10 Å². The van der Waals surface area contributed by atoms with Crippen molar-refractivity contribution >= 4 is 11.6 Å². The van der Waals surface area contributed by atoms with Gasteiger partial charge in [0.15, 0.2) is 23.3 Å². The van der Waals surface area contributed by atoms with Crippen LogP contribution in [0.15, 0.2) is 24.3 Å². The van der Waals surface area contributed by atoms with E-state index in [0.29, 0.717) is 17.0 Å². The molecule has 0 atom stereocenters. The van der Waals surface area contributed by atoms with Crippen LogP contribution in [0.4, 0.5) is 27.6 Å². The maximum atomic E-state index is 14.0. The van der Waals surface area contributed by atoms with Gasteiger partial charge in [0.1, 0.15) is 5.75 Å². The average molecular weight is 425 g/mol. The van der Waals surface area contributed by atoms with Crippen molar-refractivity contribution in [3.63, 3.8) is 0 Å². The minimum Gasteiger partial charge on any atom is -0.497 e. The molecule has 3 aromatic rings. The van der Waals surface area contributed by atoms with Crippen LogP contribution < -0.4 is 10.1 Å². The summed E-state index contributed by atoms with van der Waals surface area (Å²) >= 11 is 0. The van der Waals surface area contributed by atoms with Gasteiger partial charge in [0.25, 0.3) is 5.91 Å². The molecule has 0 spiro atoms. The highest BCUT2D eigenvalue weighted by molar-refractivity contribution is 6.04. The Balaban J connectivity index is 1.90. The SMILES string of the molecule is COc1ccc(C(=O)Nc2c(C)nn(Cc3c(F)c(F)c(F)c(F)c3F)c2C)cc1. The minimum atomic E-state index is -2.23. The van der Waals surface area contributed by atoms with Crippen molar-refractivity contribution in [3.8, 4) is 5.75 Å². The number of aryl methyl sites for hydroxylation is 1. The first-order valence-corrected chi connectivity index (χ1v) is 8.65. The summed E-state index contributed by atoms with van der Waals surface area (Å²) in [5.41, 5.74) is 0.142. The minimum absolute atomic E-state index is 0.264. The fraction of sp³-hybridized carbons (Fsp3) is 0.200. The van der Waals surface area contributed by atoms with Crippen molar-refractivity contribution in [2.24, 2.45) is 0 Å². The molecule has 3 rings (SSSR count). The Morgan fingerprint density at radius 3 is 2.03 bits per heavy atom. The van der Waals surface area contributed by atoms with Crippen LogP contribution in [0.25, 0.3) is 0 Å². The average Bonchev–Trinajstić information content (AvgIpc) is 3.01. The molecular weight excluding hydrogens is 409 g/mol. The number of halogens is 5. The third-order valence-electron chi connectivity index (χ3n) is 4.58. The first-order chi connectivity index (χ1) is 14.1. The summed E-state index contributed by atoms with van der Waals surface area (Å²) in [5.74, 6) is -10.0. The van der Waals surface area contributed by atoms with Crippen LogP contribution in [0, 0.1) is 42.9 Å². The lowest BCUT2D eigenvalue weighted by Crippen LogP contribution is -2.14. The summed E-state index contributed by atoms with van der Waals surface area (Å²) in [4.78, 5) is 12.5. The van der Waals surface area contributed by atoms with Crippen LogP contribution >= 0.6 is 0 Å². The Labute approximate surface area is 168 Å². The molecule has 10 heteroatoms. The van der Waals surface area contributed by atoms with Gasteiger partial charge in [0.2, 0.25) is 5.82 Å². The highest BCUT2D eigenvalue weighted by Gasteiger charge is 2.27. The Bertz CT molecular complexity index is 1100. The Hall–Kier alpha value is -3.43. The van der Waals surface area contributed by atoms with Gasteiger partial charge in [-0.05, 0) is 38.1 Å². The summed E-state index contributed by atoms with van der Waals surface area (Å²) in [6.07, 6.45) is 0. The fourth-order valence-corrected chi connectivity index (χ4v) is 2.90. The van der Waals surface area contributed by atoms with Crippen LogP contribution in [-0.4, -0.2) is 22.8 Å². The molecule has 1 N–H and O–H groups in total. The maximum Gasteiger partial charge on any atom is 0.255 e. The van der Waals surface area contributed by atoms with Crippen LogP contribution in [0.3, 0.4) is 0 Å². The van der Waals surface area contributed by atoms with Crippen molar-refractivity contribution in [3.05, 3.63) is 75.9 Å². The molecule has 5 nitrogen and oxygen atoms in total. The van der Waals surface area contributed by atoms with E-state index in [0.717, 1.165) is 4.68 Å². The van der Waals surface area contributed by atoms with E-state index < -0.39 is 47.1 Å². The zero-order valence-corrected chi connectivity index (χ0v) is 16.1. The summed E-state index contributed by atoms with van der Waals surface area (Å²) in [5, 5.41) is 6.69. The van der Waals surface area contributed by atoms with E-state index in [-0.39, 0.29) is 11.4 Å². The van der Waals surface area contributed by atoms with Gasteiger partial charge in [-0.3, -0.25) is 9.48 Å². The lowest BCUT2D eigenvalue weighted by Gasteiger charge is -2.10. The molecule has 158 valence electrons. The second kappa shape index (κ2) is 8.13. The normalized spacial score (nSPS) is 10.9. The van der Waals surface area contributed by atoms with E-state index in [4.69, 9.17) is 4.74 Å². The molecule has 30 heavy (non-hydrogen) atoms. The number of aromatic nitrogens is 2. The number of nitrogens with zero attached hydrogens (tertiary/aromatic N) is 2. The predicted octanol–water partition coefficient (Wildman–Crippen LogP) is 4.50. The zero-order chi connectivity index (χ0) is 22.2. The summed E-state index contributed by atoms with van der Waals surface area (Å²) in [6, 6.07) is 6.28. The third-order valence-corrected chi connectivity index (χ3v) is 4.58. The standard InChI is InChI=1S/C20H16F5N3O2/c1-9-19(26-20(29)11-4-6-12(30-3)7-5-11)10(2)28(27-9)8-13-14(21)16(23)18(25)17(24)15(13)22/h4-7H,8H2,1-3H3,(H,26,29). The number of hydrogen-bond donors (Lipinski definition) is 1. The number of amides is 1. The van der Waals surface area contributed by atoms with Gasteiger partial charge in [-0.15, -0.1) is 0 Å². The molecule has 0 aliphatic heterocycles. The summed E-state index contributed by atoms with van der Waals surface area (Å²) in [6.45, 7) is 2.32. The lowest BCUT2D eigenvalue weighted by molar-refractivity contribution is 0.102. The molecule has 0 unspecified atom stereocenters. The maximum absolute atomic E-state index is 14.0. The number of methoxy groups -OCH3 is 1. The number of hydrogen-bond acceptors (Lipinski definition) is 3. The zero-order valence-electron chi connectivity index (χ0n) is 16.1. The Kier molecular flexibility index (Phi) is 5.77. The smallest absolute Gasteiger partial charge is 0.255 e. The third kappa shape index (κ3) is 3.72. The van der Waals surface area contributed by atoms with E-state index in [1.54, 1.807) is 12.1 Å². The highest BCUT2D eigenvalue weighted by Crippen LogP contribution is 2.26. The number of benzene rings is 2. The van der Waals surface area contributed by atoms with E-state index in [1.165, 1.54) is 33.1 Å².